The normalized spacial score (nSPS) is 12.2. The van der Waals surface area contributed by atoms with Crippen LogP contribution >= 0.6 is 0 Å². The van der Waals surface area contributed by atoms with Crippen LogP contribution in [0.25, 0.3) is 11.1 Å². The summed E-state index contributed by atoms with van der Waals surface area (Å²) in [5, 5.41) is 3.77. The molecule has 2 aromatic rings. The van der Waals surface area contributed by atoms with Gasteiger partial charge in [0.2, 0.25) is 0 Å². The van der Waals surface area contributed by atoms with Crippen LogP contribution < -0.4 is 11.2 Å². The molecular weight excluding hydrogens is 238 g/mol. The van der Waals surface area contributed by atoms with Gasteiger partial charge in [0.25, 0.3) is 0 Å². The van der Waals surface area contributed by atoms with E-state index in [-0.39, 0.29) is 0 Å². The number of nitrogens with one attached hydrogen (secondary N) is 1. The molecule has 0 atom stereocenters. The van der Waals surface area contributed by atoms with Crippen molar-refractivity contribution in [3.05, 3.63) is 59.2 Å². The first kappa shape index (κ1) is 11.5. The number of urea groups is 1. The van der Waals surface area contributed by atoms with Crippen LogP contribution in [-0.4, -0.2) is 12.2 Å². The quantitative estimate of drug-likeness (QED) is 0.532. The van der Waals surface area contributed by atoms with E-state index in [9.17, 15) is 4.79 Å². The van der Waals surface area contributed by atoms with Crippen molar-refractivity contribution < 1.29 is 4.79 Å². The molecule has 0 radical (unpaired) electrons. The van der Waals surface area contributed by atoms with Crippen molar-refractivity contribution in [2.75, 3.05) is 0 Å². The Morgan fingerprint density at radius 1 is 1.16 bits per heavy atom. The maximum atomic E-state index is 10.5. The number of nitrogens with zero attached hydrogens (tertiary/aromatic N) is 1. The molecule has 0 aromatic heterocycles. The van der Waals surface area contributed by atoms with E-state index in [2.05, 4.69) is 46.9 Å². The lowest BCUT2D eigenvalue weighted by Gasteiger charge is -2.01. The SMILES string of the molecule is NC(=O)NN=Cc1ccc2c(c1)Cc1ccccc1-2. The maximum absolute atomic E-state index is 10.5. The van der Waals surface area contributed by atoms with Gasteiger partial charge < -0.3 is 5.73 Å². The molecule has 0 spiro atoms. The lowest BCUT2D eigenvalue weighted by Crippen LogP contribution is -2.24. The highest BCUT2D eigenvalue weighted by molar-refractivity contribution is 5.85. The molecule has 0 saturated heterocycles. The molecule has 0 saturated carbocycles. The summed E-state index contributed by atoms with van der Waals surface area (Å²) >= 11 is 0. The monoisotopic (exact) mass is 251 g/mol. The predicted octanol–water partition coefficient (Wildman–Crippen LogP) is 2.26. The highest BCUT2D eigenvalue weighted by Gasteiger charge is 2.17. The van der Waals surface area contributed by atoms with Gasteiger partial charge in [-0.2, -0.15) is 5.10 Å². The van der Waals surface area contributed by atoms with Gasteiger partial charge in [-0.05, 0) is 40.3 Å². The largest absolute Gasteiger partial charge is 0.350 e. The van der Waals surface area contributed by atoms with Crippen LogP contribution in [0.3, 0.4) is 0 Å². The summed E-state index contributed by atoms with van der Waals surface area (Å²) in [7, 11) is 0. The van der Waals surface area contributed by atoms with E-state index >= 15 is 0 Å². The minimum Gasteiger partial charge on any atom is -0.350 e. The molecule has 2 aromatic carbocycles. The Labute approximate surface area is 110 Å². The summed E-state index contributed by atoms with van der Waals surface area (Å²) in [5.41, 5.74) is 13.3. The van der Waals surface area contributed by atoms with Gasteiger partial charge >= 0.3 is 6.03 Å². The lowest BCUT2D eigenvalue weighted by molar-refractivity contribution is 0.249. The third-order valence-electron chi connectivity index (χ3n) is 3.21. The Morgan fingerprint density at radius 3 is 2.79 bits per heavy atom. The van der Waals surface area contributed by atoms with Crippen molar-refractivity contribution in [3.63, 3.8) is 0 Å². The topological polar surface area (TPSA) is 67.5 Å². The summed E-state index contributed by atoms with van der Waals surface area (Å²) in [6.45, 7) is 0. The first-order valence-electron chi connectivity index (χ1n) is 6.04. The summed E-state index contributed by atoms with van der Waals surface area (Å²) in [5.74, 6) is 0. The van der Waals surface area contributed by atoms with Gasteiger partial charge in [0.1, 0.15) is 0 Å². The van der Waals surface area contributed by atoms with E-state index in [1.165, 1.54) is 22.3 Å². The Hall–Kier alpha value is -2.62. The summed E-state index contributed by atoms with van der Waals surface area (Å²) in [4.78, 5) is 10.5. The molecule has 0 unspecified atom stereocenters. The standard InChI is InChI=1S/C15H13N3O/c16-15(19)18-17-9-10-5-6-14-12(7-10)8-11-3-1-2-4-13(11)14/h1-7,9H,8H2,(H3,16,18,19). The summed E-state index contributed by atoms with van der Waals surface area (Å²) in [6, 6.07) is 13.9. The zero-order valence-electron chi connectivity index (χ0n) is 10.3. The number of hydrogen-bond acceptors (Lipinski definition) is 2. The number of rotatable bonds is 2. The molecule has 4 heteroatoms. The Morgan fingerprint density at radius 2 is 1.95 bits per heavy atom. The van der Waals surface area contributed by atoms with Gasteiger partial charge in [-0.15, -0.1) is 0 Å². The molecule has 0 fully saturated rings. The summed E-state index contributed by atoms with van der Waals surface area (Å²) < 4.78 is 0. The van der Waals surface area contributed by atoms with Crippen molar-refractivity contribution in [1.82, 2.24) is 5.43 Å². The van der Waals surface area contributed by atoms with E-state index in [1.54, 1.807) is 6.21 Å². The van der Waals surface area contributed by atoms with Gasteiger partial charge in [0.05, 0.1) is 6.21 Å². The van der Waals surface area contributed by atoms with Crippen LogP contribution in [0.1, 0.15) is 16.7 Å². The highest BCUT2D eigenvalue weighted by atomic mass is 16.2. The number of hydrogen-bond donors (Lipinski definition) is 2. The van der Waals surface area contributed by atoms with Crippen LogP contribution in [0.15, 0.2) is 47.6 Å². The third-order valence-corrected chi connectivity index (χ3v) is 3.21. The van der Waals surface area contributed by atoms with E-state index < -0.39 is 6.03 Å². The molecular formula is C15H13N3O. The number of amides is 2. The van der Waals surface area contributed by atoms with Crippen molar-refractivity contribution in [3.8, 4) is 11.1 Å². The number of hydrazone groups is 1. The smallest absolute Gasteiger partial charge is 0.332 e. The van der Waals surface area contributed by atoms with Crippen molar-refractivity contribution in [2.24, 2.45) is 10.8 Å². The van der Waals surface area contributed by atoms with Gasteiger partial charge in [-0.1, -0.05) is 36.4 Å². The number of nitrogens with two attached hydrogens (primary N) is 1. The van der Waals surface area contributed by atoms with E-state index in [4.69, 9.17) is 5.73 Å². The molecule has 94 valence electrons. The van der Waals surface area contributed by atoms with Crippen LogP contribution in [0, 0.1) is 0 Å². The minimum atomic E-state index is -0.662. The van der Waals surface area contributed by atoms with E-state index in [0.29, 0.717) is 0 Å². The molecule has 0 bridgehead atoms. The van der Waals surface area contributed by atoms with Crippen LogP contribution in [0.2, 0.25) is 0 Å². The molecule has 0 heterocycles. The first-order valence-corrected chi connectivity index (χ1v) is 6.04. The molecule has 3 rings (SSSR count). The first-order chi connectivity index (χ1) is 9.24. The van der Waals surface area contributed by atoms with Crippen LogP contribution in [-0.2, 0) is 6.42 Å². The fourth-order valence-electron chi connectivity index (χ4n) is 2.42. The number of carbonyl (C=O) groups is 1. The fourth-order valence-corrected chi connectivity index (χ4v) is 2.42. The van der Waals surface area contributed by atoms with Crippen molar-refractivity contribution in [2.45, 2.75) is 6.42 Å². The zero-order valence-corrected chi connectivity index (χ0v) is 10.3. The molecule has 4 nitrogen and oxygen atoms in total. The number of benzene rings is 2. The fraction of sp³-hybridized carbons (Fsp3) is 0.0667. The Kier molecular flexibility index (Phi) is 2.76. The number of fused-ring (bicyclic) bond motifs is 3. The highest BCUT2D eigenvalue weighted by Crippen LogP contribution is 2.36. The Bertz CT molecular complexity index is 677. The van der Waals surface area contributed by atoms with E-state index in [0.717, 1.165) is 12.0 Å². The van der Waals surface area contributed by atoms with Gasteiger partial charge in [-0.25, -0.2) is 10.2 Å². The lowest BCUT2D eigenvalue weighted by atomic mass is 10.0. The van der Waals surface area contributed by atoms with Crippen molar-refractivity contribution in [1.29, 1.82) is 0 Å². The minimum absolute atomic E-state index is 0.662. The second-order valence-electron chi connectivity index (χ2n) is 4.48. The molecule has 3 N–H and O–H groups in total. The Balaban J connectivity index is 1.89. The third kappa shape index (κ3) is 2.20. The van der Waals surface area contributed by atoms with Crippen LogP contribution in [0.4, 0.5) is 4.79 Å². The van der Waals surface area contributed by atoms with Crippen molar-refractivity contribution >= 4 is 12.2 Å². The second-order valence-corrected chi connectivity index (χ2v) is 4.48. The summed E-state index contributed by atoms with van der Waals surface area (Å²) in [6.07, 6.45) is 2.53. The molecule has 0 aliphatic heterocycles. The average Bonchev–Trinajstić information content (AvgIpc) is 2.76. The zero-order chi connectivity index (χ0) is 13.2. The second kappa shape index (κ2) is 4.57. The number of carbonyl (C=O) groups excluding carboxylic acids is 1. The van der Waals surface area contributed by atoms with Crippen LogP contribution in [0.5, 0.6) is 0 Å². The molecule has 2 amide bonds. The average molecular weight is 251 g/mol. The molecule has 19 heavy (non-hydrogen) atoms. The van der Waals surface area contributed by atoms with E-state index in [1.807, 2.05) is 6.07 Å². The number of primary amides is 1. The van der Waals surface area contributed by atoms with Gasteiger partial charge in [0.15, 0.2) is 0 Å². The molecule has 1 aliphatic rings. The molecule has 1 aliphatic carbocycles. The predicted molar refractivity (Wildman–Crippen MR) is 75.0 cm³/mol. The van der Waals surface area contributed by atoms with Gasteiger partial charge in [0, 0.05) is 0 Å². The maximum Gasteiger partial charge on any atom is 0.332 e. The van der Waals surface area contributed by atoms with Gasteiger partial charge in [-0.3, -0.25) is 0 Å².